The fraction of sp³-hybridized carbons (Fsp3) is 0.250. The van der Waals surface area contributed by atoms with Gasteiger partial charge in [-0.05, 0) is 6.07 Å². The van der Waals surface area contributed by atoms with E-state index in [9.17, 15) is 4.39 Å². The molecule has 0 aliphatic rings. The van der Waals surface area contributed by atoms with Crippen LogP contribution in [0.5, 0.6) is 11.5 Å². The molecule has 0 saturated carbocycles. The van der Waals surface area contributed by atoms with Crippen LogP contribution in [0.4, 0.5) is 4.39 Å². The summed E-state index contributed by atoms with van der Waals surface area (Å²) in [6.07, 6.45) is 0. The van der Waals surface area contributed by atoms with Crippen LogP contribution in [0.2, 0.25) is 0 Å². The zero-order chi connectivity index (χ0) is 10.7. The van der Waals surface area contributed by atoms with Crippen molar-refractivity contribution in [2.45, 2.75) is 0 Å². The van der Waals surface area contributed by atoms with E-state index >= 15 is 0 Å². The highest BCUT2D eigenvalue weighted by Crippen LogP contribution is 2.25. The summed E-state index contributed by atoms with van der Waals surface area (Å²) in [5, 5.41) is 17.6. The average molecular weight is 200 g/mol. The molecular formula is C8H10BFO4. The summed E-state index contributed by atoms with van der Waals surface area (Å²) in [6, 6.07) is 2.21. The molecule has 14 heavy (non-hydrogen) atoms. The van der Waals surface area contributed by atoms with E-state index in [1.54, 1.807) is 0 Å². The zero-order valence-corrected chi connectivity index (χ0v) is 7.82. The fourth-order valence-electron chi connectivity index (χ4n) is 1.07. The van der Waals surface area contributed by atoms with Crippen LogP contribution >= 0.6 is 0 Å². The summed E-state index contributed by atoms with van der Waals surface area (Å²) in [5.74, 6) is -0.302. The molecule has 0 saturated heterocycles. The van der Waals surface area contributed by atoms with Crippen LogP contribution in [0.25, 0.3) is 0 Å². The molecule has 0 fully saturated rings. The first-order valence-electron chi connectivity index (χ1n) is 3.87. The molecule has 0 radical (unpaired) electrons. The van der Waals surface area contributed by atoms with E-state index in [1.165, 1.54) is 20.3 Å². The van der Waals surface area contributed by atoms with Gasteiger partial charge in [-0.3, -0.25) is 0 Å². The van der Waals surface area contributed by atoms with Gasteiger partial charge in [-0.15, -0.1) is 0 Å². The van der Waals surface area contributed by atoms with Gasteiger partial charge >= 0.3 is 7.12 Å². The van der Waals surface area contributed by atoms with Crippen LogP contribution in [0.15, 0.2) is 12.1 Å². The molecule has 1 rings (SSSR count). The number of halogens is 1. The molecule has 0 heterocycles. The van der Waals surface area contributed by atoms with Crippen molar-refractivity contribution in [3.05, 3.63) is 17.9 Å². The first-order valence-corrected chi connectivity index (χ1v) is 3.87. The first-order chi connectivity index (χ1) is 6.60. The zero-order valence-electron chi connectivity index (χ0n) is 7.82. The lowest BCUT2D eigenvalue weighted by molar-refractivity contribution is 0.352. The van der Waals surface area contributed by atoms with Crippen molar-refractivity contribution in [1.29, 1.82) is 0 Å². The van der Waals surface area contributed by atoms with E-state index in [4.69, 9.17) is 19.5 Å². The number of methoxy groups -OCH3 is 2. The summed E-state index contributed by atoms with van der Waals surface area (Å²) in [6.45, 7) is 0. The Kier molecular flexibility index (Phi) is 3.32. The van der Waals surface area contributed by atoms with Crippen LogP contribution in [0, 0.1) is 5.82 Å². The van der Waals surface area contributed by atoms with Crippen molar-refractivity contribution in [2.75, 3.05) is 14.2 Å². The minimum atomic E-state index is -1.87. The van der Waals surface area contributed by atoms with Gasteiger partial charge in [0.2, 0.25) is 0 Å². The summed E-state index contributed by atoms with van der Waals surface area (Å²) >= 11 is 0. The molecular weight excluding hydrogens is 190 g/mol. The maximum absolute atomic E-state index is 13.1. The lowest BCUT2D eigenvalue weighted by Crippen LogP contribution is -2.32. The van der Waals surface area contributed by atoms with Crippen LogP contribution in [-0.2, 0) is 0 Å². The smallest absolute Gasteiger partial charge is 0.491 e. The monoisotopic (exact) mass is 200 g/mol. The van der Waals surface area contributed by atoms with Crippen molar-refractivity contribution in [2.24, 2.45) is 0 Å². The minimum absolute atomic E-state index is 0.203. The van der Waals surface area contributed by atoms with Crippen LogP contribution in [0.3, 0.4) is 0 Å². The number of rotatable bonds is 3. The molecule has 0 atom stereocenters. The van der Waals surface area contributed by atoms with Crippen molar-refractivity contribution in [1.82, 2.24) is 0 Å². The van der Waals surface area contributed by atoms with Crippen LogP contribution in [0.1, 0.15) is 0 Å². The molecule has 2 N–H and O–H groups in total. The van der Waals surface area contributed by atoms with Crippen LogP contribution < -0.4 is 14.9 Å². The van der Waals surface area contributed by atoms with Crippen molar-refractivity contribution < 1.29 is 23.9 Å². The SMILES string of the molecule is COc1cc(F)c(B(O)O)cc1OC. The molecule has 0 bridgehead atoms. The van der Waals surface area contributed by atoms with E-state index in [1.807, 2.05) is 0 Å². The Balaban J connectivity index is 3.23. The number of benzene rings is 1. The second-order valence-corrected chi connectivity index (χ2v) is 2.60. The van der Waals surface area contributed by atoms with Gasteiger partial charge in [-0.1, -0.05) is 0 Å². The third-order valence-corrected chi connectivity index (χ3v) is 1.78. The number of ether oxygens (including phenoxy) is 2. The Labute approximate surface area is 81.0 Å². The summed E-state index contributed by atoms with van der Waals surface area (Å²) in [4.78, 5) is 0. The van der Waals surface area contributed by atoms with E-state index in [0.29, 0.717) is 0 Å². The van der Waals surface area contributed by atoms with Gasteiger partial charge in [0, 0.05) is 11.5 Å². The Morgan fingerprint density at radius 2 is 1.64 bits per heavy atom. The predicted octanol–water partition coefficient (Wildman–Crippen LogP) is -0.477. The second-order valence-electron chi connectivity index (χ2n) is 2.60. The molecule has 0 aromatic heterocycles. The molecule has 1 aromatic rings. The van der Waals surface area contributed by atoms with Gasteiger partial charge < -0.3 is 19.5 Å². The highest BCUT2D eigenvalue weighted by molar-refractivity contribution is 6.58. The molecule has 0 amide bonds. The van der Waals surface area contributed by atoms with Crippen molar-refractivity contribution in [3.8, 4) is 11.5 Å². The van der Waals surface area contributed by atoms with E-state index in [2.05, 4.69) is 0 Å². The topological polar surface area (TPSA) is 58.9 Å². The molecule has 0 aliphatic carbocycles. The van der Waals surface area contributed by atoms with Gasteiger partial charge in [0.1, 0.15) is 5.82 Å². The van der Waals surface area contributed by atoms with Crippen molar-refractivity contribution >= 4 is 12.6 Å². The van der Waals surface area contributed by atoms with Gasteiger partial charge in [-0.25, -0.2) is 4.39 Å². The Bertz CT molecular complexity index is 329. The summed E-state index contributed by atoms with van der Waals surface area (Å²) in [7, 11) is 0.880. The molecule has 0 spiro atoms. The highest BCUT2D eigenvalue weighted by Gasteiger charge is 2.20. The molecule has 1 aromatic carbocycles. The summed E-state index contributed by atoms with van der Waals surface area (Å²) < 4.78 is 22.8. The Morgan fingerprint density at radius 1 is 1.14 bits per heavy atom. The molecule has 0 aliphatic heterocycles. The third kappa shape index (κ3) is 1.97. The molecule has 0 unspecified atom stereocenters. The fourth-order valence-corrected chi connectivity index (χ4v) is 1.07. The second kappa shape index (κ2) is 4.30. The lowest BCUT2D eigenvalue weighted by Gasteiger charge is -2.10. The molecule has 6 heteroatoms. The number of hydrogen-bond donors (Lipinski definition) is 2. The van der Waals surface area contributed by atoms with Gasteiger partial charge in [0.25, 0.3) is 0 Å². The largest absolute Gasteiger partial charge is 0.493 e. The van der Waals surface area contributed by atoms with Gasteiger partial charge in [0.05, 0.1) is 14.2 Å². The molecule has 4 nitrogen and oxygen atoms in total. The Hall–Kier alpha value is -1.27. The van der Waals surface area contributed by atoms with E-state index in [0.717, 1.165) is 6.07 Å². The van der Waals surface area contributed by atoms with Crippen molar-refractivity contribution in [3.63, 3.8) is 0 Å². The van der Waals surface area contributed by atoms with Crippen LogP contribution in [-0.4, -0.2) is 31.4 Å². The quantitative estimate of drug-likeness (QED) is 0.647. The minimum Gasteiger partial charge on any atom is -0.493 e. The predicted molar refractivity (Wildman–Crippen MR) is 49.3 cm³/mol. The highest BCUT2D eigenvalue weighted by atomic mass is 19.1. The maximum Gasteiger partial charge on any atom is 0.491 e. The summed E-state index contributed by atoms with van der Waals surface area (Å²) in [5.41, 5.74) is -0.248. The normalized spacial score (nSPS) is 9.79. The standard InChI is InChI=1S/C8H10BFO4/c1-13-7-3-5(9(11)12)6(10)4-8(7)14-2/h3-4,11-12H,1-2H3. The maximum atomic E-state index is 13.1. The van der Waals surface area contributed by atoms with E-state index < -0.39 is 12.9 Å². The van der Waals surface area contributed by atoms with Gasteiger partial charge in [0.15, 0.2) is 11.5 Å². The average Bonchev–Trinajstić information content (AvgIpc) is 2.16. The van der Waals surface area contributed by atoms with E-state index in [-0.39, 0.29) is 17.0 Å². The molecule has 76 valence electrons. The van der Waals surface area contributed by atoms with Gasteiger partial charge in [-0.2, -0.15) is 0 Å². The lowest BCUT2D eigenvalue weighted by atomic mass is 9.79. The Morgan fingerprint density at radius 3 is 2.07 bits per heavy atom. The third-order valence-electron chi connectivity index (χ3n) is 1.78. The first kappa shape index (κ1) is 10.8. The number of hydrogen-bond acceptors (Lipinski definition) is 4.